The zero-order valence-electron chi connectivity index (χ0n) is 17.3. The van der Waals surface area contributed by atoms with Gasteiger partial charge in [-0.05, 0) is 41.0 Å². The number of hydrogen-bond acceptors (Lipinski definition) is 6. The Morgan fingerprint density at radius 3 is 2.06 bits per heavy atom. The summed E-state index contributed by atoms with van der Waals surface area (Å²) in [5.41, 5.74) is 3.88. The molecule has 0 unspecified atom stereocenters. The number of ether oxygens (including phenoxy) is 1. The standard InChI is InChI=1S/C25H24N4O2/c1-31-22-12-6-8-19(14-22)16-24-27-23(15-18-7-5-9-20(13-18)17-30)28-25(29-24)26-21-10-3-2-4-11-21/h2-14,30H,15-17H2,1H3,(H,26,27,28,29). The normalized spacial score (nSPS) is 10.6. The van der Waals surface area contributed by atoms with Gasteiger partial charge < -0.3 is 15.2 Å². The number of aliphatic hydroxyl groups is 1. The number of benzene rings is 3. The summed E-state index contributed by atoms with van der Waals surface area (Å²) in [5, 5.41) is 12.7. The van der Waals surface area contributed by atoms with Gasteiger partial charge in [0.05, 0.1) is 13.7 Å². The van der Waals surface area contributed by atoms with Gasteiger partial charge in [0.2, 0.25) is 5.95 Å². The number of nitrogens with zero attached hydrogens (tertiary/aromatic N) is 3. The first kappa shape index (κ1) is 20.5. The van der Waals surface area contributed by atoms with Crippen molar-refractivity contribution in [2.45, 2.75) is 19.4 Å². The van der Waals surface area contributed by atoms with Crippen molar-refractivity contribution in [3.8, 4) is 5.75 Å². The lowest BCUT2D eigenvalue weighted by molar-refractivity contribution is 0.281. The molecule has 31 heavy (non-hydrogen) atoms. The van der Waals surface area contributed by atoms with Crippen LogP contribution in [-0.4, -0.2) is 27.2 Å². The van der Waals surface area contributed by atoms with Crippen LogP contribution in [0.1, 0.15) is 28.3 Å². The van der Waals surface area contributed by atoms with E-state index in [-0.39, 0.29) is 6.61 Å². The monoisotopic (exact) mass is 412 g/mol. The fourth-order valence-corrected chi connectivity index (χ4v) is 3.32. The van der Waals surface area contributed by atoms with Crippen molar-refractivity contribution >= 4 is 11.6 Å². The summed E-state index contributed by atoms with van der Waals surface area (Å²) in [6.07, 6.45) is 1.11. The number of aliphatic hydroxyl groups excluding tert-OH is 1. The number of methoxy groups -OCH3 is 1. The average Bonchev–Trinajstić information content (AvgIpc) is 2.80. The lowest BCUT2D eigenvalue weighted by Gasteiger charge is -2.10. The Bertz CT molecular complexity index is 1080. The molecule has 0 radical (unpaired) electrons. The predicted octanol–water partition coefficient (Wildman–Crippen LogP) is 4.30. The molecule has 0 aliphatic carbocycles. The number of hydrogen-bond donors (Lipinski definition) is 2. The van der Waals surface area contributed by atoms with E-state index in [9.17, 15) is 5.11 Å². The van der Waals surface area contributed by atoms with Crippen LogP contribution in [0.3, 0.4) is 0 Å². The fraction of sp³-hybridized carbons (Fsp3) is 0.160. The average molecular weight is 412 g/mol. The number of anilines is 2. The Kier molecular flexibility index (Phi) is 6.50. The molecule has 1 heterocycles. The van der Waals surface area contributed by atoms with Gasteiger partial charge in [-0.1, -0.05) is 54.6 Å². The topological polar surface area (TPSA) is 80.2 Å². The second-order valence-corrected chi connectivity index (χ2v) is 7.17. The van der Waals surface area contributed by atoms with Crippen molar-refractivity contribution in [1.82, 2.24) is 15.0 Å². The minimum atomic E-state index is 0.00689. The summed E-state index contributed by atoms with van der Waals surface area (Å²) in [4.78, 5) is 14.0. The zero-order valence-corrected chi connectivity index (χ0v) is 17.3. The molecule has 0 spiro atoms. The Morgan fingerprint density at radius 2 is 1.39 bits per heavy atom. The van der Waals surface area contributed by atoms with E-state index in [1.807, 2.05) is 78.9 Å². The van der Waals surface area contributed by atoms with E-state index in [1.54, 1.807) is 7.11 Å². The third-order valence-electron chi connectivity index (χ3n) is 4.79. The summed E-state index contributed by atoms with van der Waals surface area (Å²) < 4.78 is 5.33. The molecule has 3 aromatic carbocycles. The first-order valence-corrected chi connectivity index (χ1v) is 10.1. The molecule has 2 N–H and O–H groups in total. The van der Waals surface area contributed by atoms with Gasteiger partial charge in [0, 0.05) is 18.5 Å². The van der Waals surface area contributed by atoms with Crippen LogP contribution in [0.25, 0.3) is 0 Å². The van der Waals surface area contributed by atoms with Crippen molar-refractivity contribution < 1.29 is 9.84 Å². The maximum Gasteiger partial charge on any atom is 0.230 e. The van der Waals surface area contributed by atoms with Crippen LogP contribution >= 0.6 is 0 Å². The summed E-state index contributed by atoms with van der Waals surface area (Å²) in [6, 6.07) is 25.5. The van der Waals surface area contributed by atoms with Crippen LogP contribution in [-0.2, 0) is 19.4 Å². The van der Waals surface area contributed by atoms with Crippen molar-refractivity contribution in [3.05, 3.63) is 107 Å². The van der Waals surface area contributed by atoms with Crippen molar-refractivity contribution in [2.24, 2.45) is 0 Å². The van der Waals surface area contributed by atoms with Gasteiger partial charge >= 0.3 is 0 Å². The van der Waals surface area contributed by atoms with Gasteiger partial charge in [0.15, 0.2) is 0 Å². The quantitative estimate of drug-likeness (QED) is 0.449. The van der Waals surface area contributed by atoms with Crippen LogP contribution < -0.4 is 10.1 Å². The first-order valence-electron chi connectivity index (χ1n) is 10.1. The lowest BCUT2D eigenvalue weighted by Crippen LogP contribution is -2.09. The molecular weight excluding hydrogens is 388 g/mol. The van der Waals surface area contributed by atoms with Crippen LogP contribution in [0, 0.1) is 0 Å². The number of nitrogens with one attached hydrogen (secondary N) is 1. The van der Waals surface area contributed by atoms with Crippen molar-refractivity contribution in [2.75, 3.05) is 12.4 Å². The molecule has 0 fully saturated rings. The number of rotatable bonds is 8. The molecule has 6 nitrogen and oxygen atoms in total. The molecule has 4 aromatic rings. The molecule has 4 rings (SSSR count). The second kappa shape index (κ2) is 9.82. The molecular formula is C25H24N4O2. The Morgan fingerprint density at radius 1 is 0.742 bits per heavy atom. The summed E-state index contributed by atoms with van der Waals surface area (Å²) in [6.45, 7) is 0.00689. The van der Waals surface area contributed by atoms with Crippen molar-refractivity contribution in [3.63, 3.8) is 0 Å². The van der Waals surface area contributed by atoms with E-state index in [2.05, 4.69) is 15.3 Å². The molecule has 0 aliphatic heterocycles. The number of aromatic nitrogens is 3. The van der Waals surface area contributed by atoms with Crippen LogP contribution in [0.5, 0.6) is 5.75 Å². The molecule has 0 saturated heterocycles. The first-order chi connectivity index (χ1) is 15.2. The van der Waals surface area contributed by atoms with Gasteiger partial charge in [0.25, 0.3) is 0 Å². The fourth-order valence-electron chi connectivity index (χ4n) is 3.32. The van der Waals surface area contributed by atoms with E-state index in [0.29, 0.717) is 30.4 Å². The lowest BCUT2D eigenvalue weighted by atomic mass is 10.1. The highest BCUT2D eigenvalue weighted by atomic mass is 16.5. The highest BCUT2D eigenvalue weighted by Crippen LogP contribution is 2.18. The van der Waals surface area contributed by atoms with E-state index in [0.717, 1.165) is 28.1 Å². The molecule has 156 valence electrons. The van der Waals surface area contributed by atoms with Gasteiger partial charge in [0.1, 0.15) is 17.4 Å². The molecule has 0 aliphatic rings. The van der Waals surface area contributed by atoms with Crippen LogP contribution in [0.4, 0.5) is 11.6 Å². The Hall–Kier alpha value is -3.77. The summed E-state index contributed by atoms with van der Waals surface area (Å²) in [7, 11) is 1.66. The van der Waals surface area contributed by atoms with E-state index in [4.69, 9.17) is 9.72 Å². The van der Waals surface area contributed by atoms with Gasteiger partial charge in [-0.25, -0.2) is 4.98 Å². The third-order valence-corrected chi connectivity index (χ3v) is 4.79. The van der Waals surface area contributed by atoms with Gasteiger partial charge in [-0.3, -0.25) is 0 Å². The maximum atomic E-state index is 9.43. The molecule has 6 heteroatoms. The smallest absolute Gasteiger partial charge is 0.230 e. The molecule has 0 amide bonds. The molecule has 0 saturated carbocycles. The Labute approximate surface area is 181 Å². The van der Waals surface area contributed by atoms with E-state index < -0.39 is 0 Å². The molecule has 1 aromatic heterocycles. The summed E-state index contributed by atoms with van der Waals surface area (Å²) in [5.74, 6) is 2.65. The van der Waals surface area contributed by atoms with Gasteiger partial charge in [-0.15, -0.1) is 0 Å². The minimum Gasteiger partial charge on any atom is -0.497 e. The third kappa shape index (κ3) is 5.65. The van der Waals surface area contributed by atoms with Gasteiger partial charge in [-0.2, -0.15) is 9.97 Å². The van der Waals surface area contributed by atoms with Crippen LogP contribution in [0.15, 0.2) is 78.9 Å². The van der Waals surface area contributed by atoms with Crippen molar-refractivity contribution in [1.29, 1.82) is 0 Å². The Balaban J connectivity index is 1.65. The highest BCUT2D eigenvalue weighted by Gasteiger charge is 2.10. The molecule has 0 atom stereocenters. The zero-order chi connectivity index (χ0) is 21.5. The second-order valence-electron chi connectivity index (χ2n) is 7.17. The van der Waals surface area contributed by atoms with E-state index in [1.165, 1.54) is 0 Å². The van der Waals surface area contributed by atoms with Crippen LogP contribution in [0.2, 0.25) is 0 Å². The highest BCUT2D eigenvalue weighted by molar-refractivity contribution is 5.52. The maximum absolute atomic E-state index is 9.43. The minimum absolute atomic E-state index is 0.00689. The largest absolute Gasteiger partial charge is 0.497 e. The SMILES string of the molecule is COc1cccc(Cc2nc(Cc3cccc(CO)c3)nc(Nc3ccccc3)n2)c1. The molecule has 0 bridgehead atoms. The van der Waals surface area contributed by atoms with E-state index >= 15 is 0 Å². The predicted molar refractivity (Wildman–Crippen MR) is 121 cm³/mol. The summed E-state index contributed by atoms with van der Waals surface area (Å²) >= 11 is 0. The number of para-hydroxylation sites is 1.